The molecule has 11 heteroatoms. The highest BCUT2D eigenvalue weighted by Gasteiger charge is 2.21. The number of aryl methyl sites for hydroxylation is 2. The number of aliphatic carboxylic acids is 2. The van der Waals surface area contributed by atoms with Gasteiger partial charge in [-0.3, -0.25) is 19.4 Å². The Labute approximate surface area is 188 Å². The number of anilines is 1. The van der Waals surface area contributed by atoms with Crippen molar-refractivity contribution in [2.45, 2.75) is 44.7 Å². The molecule has 0 aliphatic carbocycles. The van der Waals surface area contributed by atoms with Crippen LogP contribution in [0.3, 0.4) is 0 Å². The fourth-order valence-electron chi connectivity index (χ4n) is 3.52. The van der Waals surface area contributed by atoms with E-state index < -0.39 is 23.9 Å². The first-order chi connectivity index (χ1) is 15.7. The normalized spacial score (nSPS) is 11.9. The summed E-state index contributed by atoms with van der Waals surface area (Å²) < 4.78 is 1.84. The highest BCUT2D eigenvalue weighted by Crippen LogP contribution is 2.13. The molecule has 33 heavy (non-hydrogen) atoms. The Bertz CT molecular complexity index is 1210. The summed E-state index contributed by atoms with van der Waals surface area (Å²) in [6.07, 6.45) is 3.69. The zero-order valence-electron chi connectivity index (χ0n) is 17.8. The van der Waals surface area contributed by atoms with Crippen LogP contribution in [-0.2, 0) is 22.6 Å². The van der Waals surface area contributed by atoms with Gasteiger partial charge in [-0.1, -0.05) is 12.1 Å². The van der Waals surface area contributed by atoms with E-state index in [1.807, 2.05) is 4.57 Å². The van der Waals surface area contributed by atoms with Crippen LogP contribution in [0.25, 0.3) is 11.0 Å². The summed E-state index contributed by atoms with van der Waals surface area (Å²) in [5.74, 6) is -2.89. The Balaban J connectivity index is 1.50. The first kappa shape index (κ1) is 23.5. The molecule has 0 saturated heterocycles. The number of H-pyrrole nitrogens is 1. The Morgan fingerprint density at radius 3 is 2.52 bits per heavy atom. The minimum Gasteiger partial charge on any atom is -0.481 e. The average Bonchev–Trinajstić information content (AvgIpc) is 3.17. The lowest BCUT2D eigenvalue weighted by Gasteiger charge is -2.13. The number of fused-ring (bicyclic) bond motifs is 1. The standard InChI is InChI=1S/C22H25N5O6/c23-22-25-15-10-12-27(18(15)20(31)26-22)11-2-1-3-13-4-6-14(7-5-13)19(30)24-16(21(32)33)8-9-17(28)29/h4-7,10,12,16H,1-3,8-9,11H2,(H,24,30)(H,28,29)(H,32,33)(H3,23,25,26,31)/t16-/m0/s1. The predicted octanol–water partition coefficient (Wildman–Crippen LogP) is 1.38. The van der Waals surface area contributed by atoms with Gasteiger partial charge in [0, 0.05) is 24.7 Å². The first-order valence-corrected chi connectivity index (χ1v) is 10.4. The SMILES string of the molecule is Nc1nc2ccn(CCCCc3ccc(C(=O)N[C@@H](CCC(=O)O)C(=O)O)cc3)c2c(=O)[nH]1. The van der Waals surface area contributed by atoms with Crippen molar-refractivity contribution in [3.8, 4) is 0 Å². The van der Waals surface area contributed by atoms with Crippen LogP contribution in [0.15, 0.2) is 41.3 Å². The van der Waals surface area contributed by atoms with Crippen LogP contribution in [0.5, 0.6) is 0 Å². The van der Waals surface area contributed by atoms with E-state index in [2.05, 4.69) is 15.3 Å². The van der Waals surface area contributed by atoms with Gasteiger partial charge in [-0.2, -0.15) is 0 Å². The van der Waals surface area contributed by atoms with Gasteiger partial charge in [-0.15, -0.1) is 0 Å². The van der Waals surface area contributed by atoms with Crippen LogP contribution in [0.1, 0.15) is 41.6 Å². The van der Waals surface area contributed by atoms with Crippen molar-refractivity contribution in [2.24, 2.45) is 0 Å². The van der Waals surface area contributed by atoms with Gasteiger partial charge in [0.1, 0.15) is 11.6 Å². The van der Waals surface area contributed by atoms with Crippen molar-refractivity contribution < 1.29 is 24.6 Å². The van der Waals surface area contributed by atoms with E-state index in [9.17, 15) is 19.2 Å². The molecule has 0 fully saturated rings. The van der Waals surface area contributed by atoms with Crippen molar-refractivity contribution in [3.63, 3.8) is 0 Å². The highest BCUT2D eigenvalue weighted by molar-refractivity contribution is 5.96. The first-order valence-electron chi connectivity index (χ1n) is 10.4. The van der Waals surface area contributed by atoms with Gasteiger partial charge in [0.15, 0.2) is 0 Å². The molecule has 1 atom stereocenters. The molecule has 0 aliphatic heterocycles. The predicted molar refractivity (Wildman–Crippen MR) is 120 cm³/mol. The fraction of sp³-hybridized carbons (Fsp3) is 0.318. The second-order valence-electron chi connectivity index (χ2n) is 7.64. The highest BCUT2D eigenvalue weighted by atomic mass is 16.4. The smallest absolute Gasteiger partial charge is 0.326 e. The summed E-state index contributed by atoms with van der Waals surface area (Å²) in [6.45, 7) is 0.644. The molecule has 1 aromatic carbocycles. The largest absolute Gasteiger partial charge is 0.481 e. The Morgan fingerprint density at radius 1 is 1.12 bits per heavy atom. The Kier molecular flexibility index (Phi) is 7.44. The molecule has 0 spiro atoms. The number of aromatic amines is 1. The Morgan fingerprint density at radius 2 is 1.85 bits per heavy atom. The van der Waals surface area contributed by atoms with Crippen LogP contribution in [0, 0.1) is 0 Å². The number of carbonyl (C=O) groups is 3. The molecule has 174 valence electrons. The number of hydrogen-bond donors (Lipinski definition) is 5. The fourth-order valence-corrected chi connectivity index (χ4v) is 3.52. The number of carboxylic acid groups (broad SMARTS) is 2. The van der Waals surface area contributed by atoms with Gasteiger partial charge in [0.05, 0.1) is 5.52 Å². The van der Waals surface area contributed by atoms with E-state index in [1.54, 1.807) is 36.5 Å². The summed E-state index contributed by atoms with van der Waals surface area (Å²) in [4.78, 5) is 52.9. The summed E-state index contributed by atoms with van der Waals surface area (Å²) in [6, 6.07) is 7.29. The van der Waals surface area contributed by atoms with E-state index in [4.69, 9.17) is 15.9 Å². The number of nitrogen functional groups attached to an aromatic ring is 1. The van der Waals surface area contributed by atoms with Crippen molar-refractivity contribution in [1.82, 2.24) is 19.9 Å². The van der Waals surface area contributed by atoms with Crippen molar-refractivity contribution in [2.75, 3.05) is 5.73 Å². The molecule has 0 aliphatic rings. The van der Waals surface area contributed by atoms with Gasteiger partial charge in [0.25, 0.3) is 11.5 Å². The van der Waals surface area contributed by atoms with Gasteiger partial charge < -0.3 is 25.8 Å². The quantitative estimate of drug-likeness (QED) is 0.269. The summed E-state index contributed by atoms with van der Waals surface area (Å²) in [5.41, 5.74) is 7.64. The maximum absolute atomic E-state index is 12.3. The number of carboxylic acids is 2. The number of benzene rings is 1. The number of rotatable bonds is 11. The number of carbonyl (C=O) groups excluding carboxylic acids is 1. The second kappa shape index (κ2) is 10.4. The van der Waals surface area contributed by atoms with E-state index in [-0.39, 0.29) is 24.3 Å². The molecule has 0 radical (unpaired) electrons. The number of nitrogens with zero attached hydrogens (tertiary/aromatic N) is 2. The molecule has 2 heterocycles. The zero-order chi connectivity index (χ0) is 24.0. The molecule has 0 bridgehead atoms. The molecule has 1 amide bonds. The third-order valence-corrected chi connectivity index (χ3v) is 5.22. The lowest BCUT2D eigenvalue weighted by atomic mass is 10.0. The molecule has 3 rings (SSSR count). The van der Waals surface area contributed by atoms with Gasteiger partial charge in [-0.05, 0) is 49.4 Å². The molecule has 6 N–H and O–H groups in total. The van der Waals surface area contributed by atoms with Gasteiger partial charge in [-0.25, -0.2) is 9.78 Å². The van der Waals surface area contributed by atoms with Crippen molar-refractivity contribution >= 4 is 34.8 Å². The average molecular weight is 455 g/mol. The maximum Gasteiger partial charge on any atom is 0.326 e. The van der Waals surface area contributed by atoms with Crippen LogP contribution in [-0.4, -0.2) is 48.6 Å². The Hall–Kier alpha value is -4.15. The van der Waals surface area contributed by atoms with Crippen LogP contribution >= 0.6 is 0 Å². The van der Waals surface area contributed by atoms with Crippen LogP contribution in [0.2, 0.25) is 0 Å². The number of hydrogen-bond acceptors (Lipinski definition) is 6. The number of unbranched alkanes of at least 4 members (excludes halogenated alkanes) is 1. The van der Waals surface area contributed by atoms with E-state index in [0.717, 1.165) is 24.8 Å². The number of amides is 1. The summed E-state index contributed by atoms with van der Waals surface area (Å²) in [7, 11) is 0. The van der Waals surface area contributed by atoms with E-state index in [0.29, 0.717) is 23.1 Å². The number of aromatic nitrogens is 3. The van der Waals surface area contributed by atoms with Crippen LogP contribution in [0.4, 0.5) is 5.95 Å². The molecular weight excluding hydrogens is 430 g/mol. The summed E-state index contributed by atoms with van der Waals surface area (Å²) in [5, 5.41) is 20.2. The summed E-state index contributed by atoms with van der Waals surface area (Å²) >= 11 is 0. The van der Waals surface area contributed by atoms with Crippen LogP contribution < -0.4 is 16.6 Å². The van der Waals surface area contributed by atoms with Crippen molar-refractivity contribution in [1.29, 1.82) is 0 Å². The van der Waals surface area contributed by atoms with E-state index in [1.165, 1.54) is 0 Å². The topological polar surface area (TPSA) is 180 Å². The third-order valence-electron chi connectivity index (χ3n) is 5.22. The number of nitrogens with two attached hydrogens (primary N) is 1. The molecule has 0 saturated carbocycles. The second-order valence-corrected chi connectivity index (χ2v) is 7.64. The minimum absolute atomic E-state index is 0.0844. The zero-order valence-corrected chi connectivity index (χ0v) is 17.8. The molecule has 11 nitrogen and oxygen atoms in total. The molecule has 0 unspecified atom stereocenters. The number of nitrogens with one attached hydrogen (secondary N) is 2. The minimum atomic E-state index is -1.28. The van der Waals surface area contributed by atoms with Crippen molar-refractivity contribution in [3.05, 3.63) is 58.0 Å². The van der Waals surface area contributed by atoms with Gasteiger partial charge >= 0.3 is 11.9 Å². The lowest BCUT2D eigenvalue weighted by molar-refractivity contribution is -0.140. The molecule has 2 aromatic heterocycles. The molecular formula is C22H25N5O6. The maximum atomic E-state index is 12.3. The van der Waals surface area contributed by atoms with Gasteiger partial charge in [0.2, 0.25) is 5.95 Å². The third kappa shape index (κ3) is 6.19. The van der Waals surface area contributed by atoms with E-state index >= 15 is 0 Å². The monoisotopic (exact) mass is 455 g/mol. The lowest BCUT2D eigenvalue weighted by Crippen LogP contribution is -2.41. The molecule has 3 aromatic rings.